The molecular formula is H9GaO4SiSrTa. The van der Waals surface area contributed by atoms with Crippen molar-refractivity contribution in [2.45, 2.75) is 0 Å². The fraction of sp³-hybridized carbons (Fsp3) is 0. The normalized spacial score (nSPS) is 7.50. The number of hydrogen-bond acceptors (Lipinski definition) is 4. The molecule has 0 aliphatic heterocycles. The Balaban J connectivity index is -0.0000000267. The summed E-state index contributed by atoms with van der Waals surface area (Å²) in [5.74, 6) is 0. The van der Waals surface area contributed by atoms with Crippen molar-refractivity contribution >= 4 is 74.3 Å². The maximum absolute atomic E-state index is 7.33. The topological polar surface area (TPSA) is 80.9 Å². The van der Waals surface area contributed by atoms with E-state index in [0.717, 1.165) is 0 Å². The van der Waals surface area contributed by atoms with Crippen LogP contribution < -0.4 is 0 Å². The van der Waals surface area contributed by atoms with Gasteiger partial charge in [-0.1, -0.05) is 0 Å². The summed E-state index contributed by atoms with van der Waals surface area (Å²) < 4.78 is 0. The smallest absolute Gasteiger partial charge is 0 e. The molecule has 0 amide bonds. The Morgan fingerprint density at radius 1 is 0.875 bits per heavy atom. The quantitative estimate of drug-likeness (QED) is 0.286. The van der Waals surface area contributed by atoms with Gasteiger partial charge >= 0.3 is 74.3 Å². The Kier molecular flexibility index (Phi) is 27.8. The predicted molar refractivity (Wildman–Crippen MR) is 33.1 cm³/mol. The Morgan fingerprint density at radius 2 is 0.875 bits per heavy atom. The van der Waals surface area contributed by atoms with Crippen molar-refractivity contribution in [3.8, 4) is 0 Å². The van der Waals surface area contributed by atoms with Gasteiger partial charge in [0.1, 0.15) is 0 Å². The molecule has 0 aliphatic rings. The van der Waals surface area contributed by atoms with E-state index in [2.05, 4.69) is 0 Å². The van der Waals surface area contributed by atoms with Crippen molar-refractivity contribution in [1.82, 2.24) is 0 Å². The van der Waals surface area contributed by atoms with Crippen molar-refractivity contribution in [3.05, 3.63) is 0 Å². The second kappa shape index (κ2) is 9.91. The van der Waals surface area contributed by atoms with Crippen LogP contribution in [0.3, 0.4) is 0 Å². The average molecular weight is 439 g/mol. The minimum Gasteiger partial charge on any atom is 0 e. The molecule has 4 N–H and O–H groups in total. The Bertz CT molecular complexity index is 31.5. The molecule has 0 aromatic carbocycles. The summed E-state index contributed by atoms with van der Waals surface area (Å²) in [6, 6.07) is 0. The SMILES string of the molecule is O[Si](O)(O)O.[GaH3].[SrH2].[Ta]. The summed E-state index contributed by atoms with van der Waals surface area (Å²) in [5.41, 5.74) is 0. The summed E-state index contributed by atoms with van der Waals surface area (Å²) in [5, 5.41) is 0. The Labute approximate surface area is 114 Å². The van der Waals surface area contributed by atoms with Crippen LogP contribution in [0.15, 0.2) is 0 Å². The van der Waals surface area contributed by atoms with Gasteiger partial charge in [-0.3, -0.25) is 0 Å². The molecule has 0 spiro atoms. The molecule has 0 aliphatic carbocycles. The molecule has 0 fully saturated rings. The van der Waals surface area contributed by atoms with Gasteiger partial charge < -0.3 is 19.2 Å². The average Bonchev–Trinajstić information content (AvgIpc) is 0.722. The molecule has 8 heteroatoms. The summed E-state index contributed by atoms with van der Waals surface area (Å²) in [6.45, 7) is 0. The first-order valence-electron chi connectivity index (χ1n) is 0.894. The van der Waals surface area contributed by atoms with Crippen molar-refractivity contribution < 1.29 is 41.6 Å². The van der Waals surface area contributed by atoms with E-state index < -0.39 is 9.05 Å². The molecular weight excluding hydrogens is 430 g/mol. The third kappa shape index (κ3) is 65.7. The fourth-order valence-electron chi connectivity index (χ4n) is 0. The number of rotatable bonds is 0. The molecule has 0 saturated heterocycles. The largest absolute Gasteiger partial charge is 0 e. The van der Waals surface area contributed by atoms with Gasteiger partial charge in [0.05, 0.1) is 0 Å². The Hall–Kier alpha value is 2.91. The summed E-state index contributed by atoms with van der Waals surface area (Å²) in [4.78, 5) is 29.3. The first-order chi connectivity index (χ1) is 2.00. The van der Waals surface area contributed by atoms with Crippen LogP contribution in [0.2, 0.25) is 0 Å². The second-order valence-electron chi connectivity index (χ2n) is 0.600. The Morgan fingerprint density at radius 3 is 0.875 bits per heavy atom. The molecule has 0 atom stereocenters. The van der Waals surface area contributed by atoms with Gasteiger partial charge in [0.15, 0.2) is 0 Å². The van der Waals surface area contributed by atoms with Gasteiger partial charge in [0.2, 0.25) is 0 Å². The minimum atomic E-state index is -4.61. The third-order valence-electron chi connectivity index (χ3n) is 0. The van der Waals surface area contributed by atoms with E-state index in [0.29, 0.717) is 0 Å². The van der Waals surface area contributed by atoms with E-state index >= 15 is 0 Å². The van der Waals surface area contributed by atoms with Gasteiger partial charge in [-0.05, 0) is 0 Å². The van der Waals surface area contributed by atoms with Crippen molar-refractivity contribution in [3.63, 3.8) is 0 Å². The third-order valence-corrected chi connectivity index (χ3v) is 0. The van der Waals surface area contributed by atoms with Crippen molar-refractivity contribution in [2.24, 2.45) is 0 Å². The van der Waals surface area contributed by atoms with Gasteiger partial charge in [-0.25, -0.2) is 0 Å². The zero-order chi connectivity index (χ0) is 4.50. The predicted octanol–water partition coefficient (Wildman–Crippen LogP) is -4.71. The molecule has 8 heavy (non-hydrogen) atoms. The molecule has 4 nitrogen and oxygen atoms in total. The van der Waals surface area contributed by atoms with E-state index in [9.17, 15) is 0 Å². The van der Waals surface area contributed by atoms with Crippen molar-refractivity contribution in [2.75, 3.05) is 0 Å². The maximum atomic E-state index is 7.33. The summed E-state index contributed by atoms with van der Waals surface area (Å²) in [7, 11) is -4.61. The summed E-state index contributed by atoms with van der Waals surface area (Å²) in [6.07, 6.45) is 0. The first-order valence-corrected chi connectivity index (χ1v) is 2.68. The van der Waals surface area contributed by atoms with Crippen LogP contribution in [0, 0.1) is 0 Å². The molecule has 0 unspecified atom stereocenters. The van der Waals surface area contributed by atoms with Crippen LogP contribution in [0.1, 0.15) is 0 Å². The van der Waals surface area contributed by atoms with Crippen LogP contribution in [-0.4, -0.2) is 93.5 Å². The van der Waals surface area contributed by atoms with Crippen LogP contribution in [-0.2, 0) is 22.4 Å². The van der Waals surface area contributed by atoms with Gasteiger partial charge in [0.25, 0.3) is 0 Å². The van der Waals surface area contributed by atoms with E-state index in [1.165, 1.54) is 0 Å². The standard InChI is InChI=1S/Ga.H4O4Si.Sr.Ta.5H/c;1-5(2,3)4;;;;;;;/h;1-4H;;;;;;;. The molecule has 0 aromatic rings. The zero-order valence-electron chi connectivity index (χ0n) is 2.74. The molecule has 1 radical (unpaired) electrons. The molecule has 47 valence electrons. The monoisotopic (exact) mass is 439 g/mol. The van der Waals surface area contributed by atoms with Crippen LogP contribution in [0.5, 0.6) is 0 Å². The van der Waals surface area contributed by atoms with E-state index in [1.54, 1.807) is 0 Å². The first kappa shape index (κ1) is 22.4. The number of hydrogen-bond donors (Lipinski definition) is 4. The van der Waals surface area contributed by atoms with Crippen LogP contribution in [0.4, 0.5) is 0 Å². The van der Waals surface area contributed by atoms with E-state index in [1.807, 2.05) is 0 Å². The minimum absolute atomic E-state index is 0. The van der Waals surface area contributed by atoms with Gasteiger partial charge in [-0.2, -0.15) is 0 Å². The zero-order valence-corrected chi connectivity index (χ0v) is 6.95. The van der Waals surface area contributed by atoms with E-state index in [4.69, 9.17) is 19.2 Å². The molecule has 0 saturated carbocycles. The molecule has 0 aromatic heterocycles. The fourth-order valence-corrected chi connectivity index (χ4v) is 0. The van der Waals surface area contributed by atoms with E-state index in [-0.39, 0.29) is 87.7 Å². The van der Waals surface area contributed by atoms with Crippen LogP contribution in [0.25, 0.3) is 0 Å². The molecule has 0 heterocycles. The summed E-state index contributed by atoms with van der Waals surface area (Å²) >= 11 is 0. The second-order valence-corrected chi connectivity index (χ2v) is 1.80. The molecule has 0 bridgehead atoms. The van der Waals surface area contributed by atoms with Crippen molar-refractivity contribution in [1.29, 1.82) is 0 Å². The maximum Gasteiger partial charge on any atom is 0 e. The van der Waals surface area contributed by atoms with Crippen LogP contribution >= 0.6 is 0 Å². The van der Waals surface area contributed by atoms with Gasteiger partial charge in [-0.15, -0.1) is 0 Å². The molecule has 0 rings (SSSR count). The van der Waals surface area contributed by atoms with Gasteiger partial charge in [0, 0.05) is 22.4 Å².